The first-order valence-corrected chi connectivity index (χ1v) is 8.47. The molecule has 0 saturated carbocycles. The summed E-state index contributed by atoms with van der Waals surface area (Å²) in [6.07, 6.45) is -4.40. The Morgan fingerprint density at radius 2 is 1.30 bits per heavy atom. The summed E-state index contributed by atoms with van der Waals surface area (Å²) in [7, 11) is 1.38. The second-order valence-corrected chi connectivity index (χ2v) is 6.95. The van der Waals surface area contributed by atoms with Crippen LogP contribution >= 0.6 is 10.7 Å². The predicted molar refractivity (Wildman–Crippen MR) is 77.5 cm³/mol. The summed E-state index contributed by atoms with van der Waals surface area (Å²) < 4.78 is 68.3. The fourth-order valence-electron chi connectivity index (χ4n) is 1.58. The van der Waals surface area contributed by atoms with Crippen molar-refractivity contribution in [1.82, 2.24) is 0 Å². The van der Waals surface area contributed by atoms with Gasteiger partial charge in [0, 0.05) is 10.7 Å². The van der Waals surface area contributed by atoms with E-state index in [0.29, 0.717) is 11.5 Å². The molecule has 23 heavy (non-hydrogen) atoms. The topological polar surface area (TPSA) is 52.6 Å². The fourth-order valence-corrected chi connectivity index (χ4v) is 2.35. The molecule has 4 nitrogen and oxygen atoms in total. The van der Waals surface area contributed by atoms with E-state index in [2.05, 4.69) is 4.74 Å². The third-order valence-electron chi connectivity index (χ3n) is 2.57. The minimum atomic E-state index is -4.40. The minimum Gasteiger partial charge on any atom is -0.484 e. The fraction of sp³-hybridized carbons (Fsp3) is 0.143. The number of hydrogen-bond acceptors (Lipinski definition) is 4. The van der Waals surface area contributed by atoms with Crippen LogP contribution in [0, 0.1) is 0 Å². The Kier molecular flexibility index (Phi) is 5.06. The average Bonchev–Trinajstić information content (AvgIpc) is 2.45. The van der Waals surface area contributed by atoms with Gasteiger partial charge in [-0.3, -0.25) is 0 Å². The molecule has 2 aromatic carbocycles. The first-order chi connectivity index (χ1) is 10.6. The standard InChI is InChI=1S/C14H10ClF3O4S/c15-23(19,20)13-7-5-12(6-8-13)22-11-3-1-10(2-4-11)21-9-14(16,17)18/h1-8H,9H2. The highest BCUT2D eigenvalue weighted by Gasteiger charge is 2.28. The molecule has 0 atom stereocenters. The van der Waals surface area contributed by atoms with Gasteiger partial charge in [0.1, 0.15) is 17.2 Å². The summed E-state index contributed by atoms with van der Waals surface area (Å²) in [5.74, 6) is 0.752. The molecule has 2 rings (SSSR count). The van der Waals surface area contributed by atoms with E-state index in [1.807, 2.05) is 0 Å². The molecule has 0 spiro atoms. The first kappa shape index (κ1) is 17.4. The van der Waals surface area contributed by atoms with Crippen LogP contribution in [-0.2, 0) is 9.05 Å². The molecule has 9 heteroatoms. The van der Waals surface area contributed by atoms with E-state index < -0.39 is 21.8 Å². The Morgan fingerprint density at radius 1 is 0.870 bits per heavy atom. The molecule has 0 saturated heterocycles. The molecule has 0 amide bonds. The Labute approximate surface area is 134 Å². The predicted octanol–water partition coefficient (Wildman–Crippen LogP) is 4.35. The Balaban J connectivity index is 2.01. The lowest BCUT2D eigenvalue weighted by Crippen LogP contribution is -2.19. The van der Waals surface area contributed by atoms with Crippen molar-refractivity contribution in [2.75, 3.05) is 6.61 Å². The van der Waals surface area contributed by atoms with E-state index in [9.17, 15) is 21.6 Å². The van der Waals surface area contributed by atoms with Gasteiger partial charge in [0.15, 0.2) is 6.61 Å². The molecular formula is C14H10ClF3O4S. The van der Waals surface area contributed by atoms with E-state index in [1.165, 1.54) is 48.5 Å². The van der Waals surface area contributed by atoms with Crippen LogP contribution in [0.2, 0.25) is 0 Å². The van der Waals surface area contributed by atoms with E-state index in [0.717, 1.165) is 0 Å². The van der Waals surface area contributed by atoms with Gasteiger partial charge in [-0.15, -0.1) is 0 Å². The van der Waals surface area contributed by atoms with Crippen LogP contribution in [0.1, 0.15) is 0 Å². The number of alkyl halides is 3. The summed E-state index contributed by atoms with van der Waals surface area (Å²) in [6, 6.07) is 10.9. The van der Waals surface area contributed by atoms with Crippen molar-refractivity contribution in [3.05, 3.63) is 48.5 Å². The molecule has 0 aliphatic heterocycles. The summed E-state index contributed by atoms with van der Waals surface area (Å²) in [5, 5.41) is 0. The number of ether oxygens (including phenoxy) is 2. The van der Waals surface area contributed by atoms with Gasteiger partial charge >= 0.3 is 6.18 Å². The van der Waals surface area contributed by atoms with Crippen molar-refractivity contribution in [3.8, 4) is 17.2 Å². The van der Waals surface area contributed by atoms with Crippen LogP contribution in [0.5, 0.6) is 17.2 Å². The van der Waals surface area contributed by atoms with Crippen molar-refractivity contribution in [3.63, 3.8) is 0 Å². The van der Waals surface area contributed by atoms with Crippen molar-refractivity contribution in [1.29, 1.82) is 0 Å². The van der Waals surface area contributed by atoms with Gasteiger partial charge in [0.2, 0.25) is 0 Å². The first-order valence-electron chi connectivity index (χ1n) is 6.16. The lowest BCUT2D eigenvalue weighted by molar-refractivity contribution is -0.153. The van der Waals surface area contributed by atoms with Gasteiger partial charge in [-0.25, -0.2) is 8.42 Å². The second kappa shape index (κ2) is 6.67. The summed E-state index contributed by atoms with van der Waals surface area (Å²) in [6.45, 7) is -1.37. The maximum Gasteiger partial charge on any atom is 0.422 e. The molecule has 0 aliphatic carbocycles. The van der Waals surface area contributed by atoms with Crippen molar-refractivity contribution >= 4 is 19.7 Å². The molecule has 0 unspecified atom stereocenters. The normalized spacial score (nSPS) is 12.0. The number of halogens is 4. The van der Waals surface area contributed by atoms with Gasteiger partial charge in [-0.2, -0.15) is 13.2 Å². The molecule has 0 radical (unpaired) electrons. The second-order valence-electron chi connectivity index (χ2n) is 4.39. The average molecular weight is 367 g/mol. The zero-order valence-corrected chi connectivity index (χ0v) is 13.0. The summed E-state index contributed by atoms with van der Waals surface area (Å²) >= 11 is 0. The van der Waals surface area contributed by atoms with Crippen LogP contribution in [0.15, 0.2) is 53.4 Å². The SMILES string of the molecule is O=S(=O)(Cl)c1ccc(Oc2ccc(OCC(F)(F)F)cc2)cc1. The van der Waals surface area contributed by atoms with E-state index in [1.54, 1.807) is 0 Å². The van der Waals surface area contributed by atoms with Crippen LogP contribution in [-0.4, -0.2) is 21.2 Å². The molecular weight excluding hydrogens is 357 g/mol. The third-order valence-corrected chi connectivity index (χ3v) is 3.94. The van der Waals surface area contributed by atoms with Crippen molar-refractivity contribution in [2.45, 2.75) is 11.1 Å². The Hall–Kier alpha value is -1.93. The molecule has 0 N–H and O–H groups in total. The zero-order valence-electron chi connectivity index (χ0n) is 11.4. The molecule has 0 bridgehead atoms. The number of benzene rings is 2. The molecule has 0 fully saturated rings. The van der Waals surface area contributed by atoms with Crippen LogP contribution < -0.4 is 9.47 Å². The lowest BCUT2D eigenvalue weighted by atomic mass is 10.3. The zero-order chi connectivity index (χ0) is 17.1. The number of rotatable bonds is 5. The molecule has 2 aromatic rings. The largest absolute Gasteiger partial charge is 0.484 e. The van der Waals surface area contributed by atoms with Crippen molar-refractivity contribution < 1.29 is 31.1 Å². The summed E-state index contributed by atoms with van der Waals surface area (Å²) in [5.41, 5.74) is 0. The Morgan fingerprint density at radius 3 is 1.74 bits per heavy atom. The van der Waals surface area contributed by atoms with E-state index in [-0.39, 0.29) is 10.6 Å². The van der Waals surface area contributed by atoms with Crippen LogP contribution in [0.25, 0.3) is 0 Å². The molecule has 0 aromatic heterocycles. The lowest BCUT2D eigenvalue weighted by Gasteiger charge is -2.10. The third kappa shape index (κ3) is 5.65. The monoisotopic (exact) mass is 366 g/mol. The highest BCUT2D eigenvalue weighted by molar-refractivity contribution is 8.13. The summed E-state index contributed by atoms with van der Waals surface area (Å²) in [4.78, 5) is -0.0672. The highest BCUT2D eigenvalue weighted by atomic mass is 35.7. The van der Waals surface area contributed by atoms with E-state index >= 15 is 0 Å². The van der Waals surface area contributed by atoms with Gasteiger partial charge < -0.3 is 9.47 Å². The van der Waals surface area contributed by atoms with Crippen molar-refractivity contribution in [2.24, 2.45) is 0 Å². The van der Waals surface area contributed by atoms with Gasteiger partial charge in [-0.1, -0.05) is 0 Å². The highest BCUT2D eigenvalue weighted by Crippen LogP contribution is 2.26. The Bertz CT molecular complexity index is 756. The maximum atomic E-state index is 12.0. The maximum absolute atomic E-state index is 12.0. The van der Waals surface area contributed by atoms with E-state index in [4.69, 9.17) is 15.4 Å². The smallest absolute Gasteiger partial charge is 0.422 e. The quantitative estimate of drug-likeness (QED) is 0.738. The van der Waals surface area contributed by atoms with Crippen LogP contribution in [0.4, 0.5) is 13.2 Å². The molecule has 124 valence electrons. The van der Waals surface area contributed by atoms with Crippen LogP contribution in [0.3, 0.4) is 0 Å². The van der Waals surface area contributed by atoms with Gasteiger partial charge in [0.25, 0.3) is 9.05 Å². The minimum absolute atomic E-state index is 0.0539. The van der Waals surface area contributed by atoms with Gasteiger partial charge in [0.05, 0.1) is 4.90 Å². The molecule has 0 aliphatic rings. The molecule has 0 heterocycles. The number of hydrogen-bond donors (Lipinski definition) is 0. The van der Waals surface area contributed by atoms with Gasteiger partial charge in [-0.05, 0) is 48.5 Å².